The lowest BCUT2D eigenvalue weighted by Gasteiger charge is -2.20. The van der Waals surface area contributed by atoms with Crippen LogP contribution in [0.5, 0.6) is 0 Å². The number of rotatable bonds is 42. The van der Waals surface area contributed by atoms with Crippen LogP contribution in [0.2, 0.25) is 0 Å². The minimum atomic E-state index is -4.29. The van der Waals surface area contributed by atoms with Gasteiger partial charge >= 0.3 is 13.8 Å². The summed E-state index contributed by atoms with van der Waals surface area (Å²) in [5, 5.41) is 0. The van der Waals surface area contributed by atoms with Gasteiger partial charge in [-0.25, -0.2) is 4.57 Å². The molecule has 2 atom stereocenters. The summed E-state index contributed by atoms with van der Waals surface area (Å²) in [5.41, 5.74) is 5.37. The zero-order chi connectivity index (χ0) is 40.9. The van der Waals surface area contributed by atoms with Gasteiger partial charge < -0.3 is 20.1 Å². The highest BCUT2D eigenvalue weighted by Gasteiger charge is 2.25. The van der Waals surface area contributed by atoms with Gasteiger partial charge in [-0.05, 0) is 83.5 Å². The second kappa shape index (κ2) is 44.1. The van der Waals surface area contributed by atoms with E-state index >= 15 is 0 Å². The lowest BCUT2D eigenvalue weighted by Crippen LogP contribution is -2.28. The van der Waals surface area contributed by atoms with Crippen molar-refractivity contribution in [3.05, 3.63) is 72.9 Å². The third kappa shape index (κ3) is 43.1. The Morgan fingerprint density at radius 3 is 1.50 bits per heavy atom. The molecule has 0 bridgehead atoms. The fourth-order valence-electron chi connectivity index (χ4n) is 5.84. The van der Waals surface area contributed by atoms with Crippen molar-refractivity contribution in [2.24, 2.45) is 5.73 Å². The maximum Gasteiger partial charge on any atom is 0.472 e. The largest absolute Gasteiger partial charge is 0.472 e. The average molecular weight is 806 g/mol. The summed E-state index contributed by atoms with van der Waals surface area (Å²) in [4.78, 5) is 22.5. The zero-order valence-corrected chi connectivity index (χ0v) is 36.7. The lowest BCUT2D eigenvalue weighted by molar-refractivity contribution is -0.154. The van der Waals surface area contributed by atoms with Gasteiger partial charge in [-0.1, -0.05) is 164 Å². The van der Waals surface area contributed by atoms with E-state index in [1.165, 1.54) is 77.0 Å². The van der Waals surface area contributed by atoms with Gasteiger partial charge in [0, 0.05) is 19.6 Å². The van der Waals surface area contributed by atoms with Crippen LogP contribution in [-0.2, 0) is 27.9 Å². The summed E-state index contributed by atoms with van der Waals surface area (Å²) in [6.07, 6.45) is 54.9. The maximum absolute atomic E-state index is 12.6. The molecule has 0 aromatic carbocycles. The second-order valence-electron chi connectivity index (χ2n) is 14.5. The molecule has 0 aliphatic rings. The molecule has 0 rings (SSSR count). The van der Waals surface area contributed by atoms with Crippen LogP contribution in [0.4, 0.5) is 0 Å². The predicted octanol–water partition coefficient (Wildman–Crippen LogP) is 13.5. The summed E-state index contributed by atoms with van der Waals surface area (Å²) >= 11 is 0. The summed E-state index contributed by atoms with van der Waals surface area (Å²) in [6, 6.07) is 0. The van der Waals surface area contributed by atoms with Crippen molar-refractivity contribution in [1.82, 2.24) is 0 Å². The number of allylic oxidation sites excluding steroid dienone is 12. The number of hydrogen-bond donors (Lipinski definition) is 2. The Hall–Kier alpha value is -2.06. The third-order valence-electron chi connectivity index (χ3n) is 9.11. The number of phosphoric acid groups is 1. The molecular weight excluding hydrogens is 721 g/mol. The third-order valence-corrected chi connectivity index (χ3v) is 10.1. The second-order valence-corrected chi connectivity index (χ2v) is 16.0. The molecule has 3 N–H and O–H groups in total. The SMILES string of the molecule is CC/C=C\C/C=C\C/C=C\C/C=C\CCCCCCCCCOCC(COP(=O)(O)OCCN)OC(=O)CCCCCCCCC/C=C\C/C=C\CCCCC. The Kier molecular flexibility index (Phi) is 42.4. The summed E-state index contributed by atoms with van der Waals surface area (Å²) < 4.78 is 33.5. The van der Waals surface area contributed by atoms with Crippen LogP contribution in [0.25, 0.3) is 0 Å². The van der Waals surface area contributed by atoms with E-state index < -0.39 is 13.9 Å². The molecular formula is C47H84NO7P. The molecule has 0 heterocycles. The summed E-state index contributed by atoms with van der Waals surface area (Å²) in [7, 11) is -4.29. The first kappa shape index (κ1) is 53.9. The molecule has 2 unspecified atom stereocenters. The summed E-state index contributed by atoms with van der Waals surface area (Å²) in [5.74, 6) is -0.345. The molecule has 0 aromatic rings. The molecule has 0 radical (unpaired) electrons. The lowest BCUT2D eigenvalue weighted by atomic mass is 10.1. The van der Waals surface area contributed by atoms with Crippen molar-refractivity contribution in [3.63, 3.8) is 0 Å². The normalized spacial score (nSPS) is 14.1. The molecule has 0 aliphatic carbocycles. The number of carbonyl (C=O) groups is 1. The van der Waals surface area contributed by atoms with Crippen LogP contribution in [0.15, 0.2) is 72.9 Å². The van der Waals surface area contributed by atoms with Crippen LogP contribution >= 0.6 is 7.82 Å². The quantitative estimate of drug-likeness (QED) is 0.0271. The smallest absolute Gasteiger partial charge is 0.457 e. The van der Waals surface area contributed by atoms with E-state index in [1.54, 1.807) is 0 Å². The highest BCUT2D eigenvalue weighted by Crippen LogP contribution is 2.43. The highest BCUT2D eigenvalue weighted by atomic mass is 31.2. The molecule has 56 heavy (non-hydrogen) atoms. The van der Waals surface area contributed by atoms with Crippen LogP contribution < -0.4 is 5.73 Å². The van der Waals surface area contributed by atoms with Gasteiger partial charge in [-0.2, -0.15) is 0 Å². The number of ether oxygens (including phenoxy) is 2. The molecule has 0 saturated heterocycles. The van der Waals surface area contributed by atoms with Gasteiger partial charge in [0.2, 0.25) is 0 Å². The predicted molar refractivity (Wildman–Crippen MR) is 238 cm³/mol. The Bertz CT molecular complexity index is 1080. The van der Waals surface area contributed by atoms with Gasteiger partial charge in [-0.15, -0.1) is 0 Å². The molecule has 9 heteroatoms. The Morgan fingerprint density at radius 1 is 0.554 bits per heavy atom. The molecule has 0 aromatic heterocycles. The van der Waals surface area contributed by atoms with Gasteiger partial charge in [0.25, 0.3) is 0 Å². The fourth-order valence-corrected chi connectivity index (χ4v) is 6.61. The Labute approximate surface area is 344 Å². The van der Waals surface area contributed by atoms with E-state index in [4.69, 9.17) is 24.3 Å². The number of unbranched alkanes of at least 4 members (excludes halogenated alkanes) is 17. The molecule has 0 amide bonds. The Balaban J connectivity index is 4.06. The van der Waals surface area contributed by atoms with Crippen LogP contribution in [0, 0.1) is 0 Å². The topological polar surface area (TPSA) is 117 Å². The van der Waals surface area contributed by atoms with Crippen LogP contribution in [-0.4, -0.2) is 49.9 Å². The van der Waals surface area contributed by atoms with E-state index in [-0.39, 0.29) is 32.3 Å². The van der Waals surface area contributed by atoms with Crippen molar-refractivity contribution in [2.75, 3.05) is 33.0 Å². The fraction of sp³-hybridized carbons (Fsp3) is 0.723. The number of hydrogen-bond acceptors (Lipinski definition) is 7. The zero-order valence-electron chi connectivity index (χ0n) is 35.8. The van der Waals surface area contributed by atoms with E-state index in [1.807, 2.05) is 0 Å². The minimum Gasteiger partial charge on any atom is -0.457 e. The summed E-state index contributed by atoms with van der Waals surface area (Å²) in [6.45, 7) is 4.74. The molecule has 0 saturated carbocycles. The van der Waals surface area contributed by atoms with E-state index in [0.29, 0.717) is 13.0 Å². The van der Waals surface area contributed by atoms with Gasteiger partial charge in [0.1, 0.15) is 6.10 Å². The molecule has 0 aliphatic heterocycles. The van der Waals surface area contributed by atoms with Crippen molar-refractivity contribution < 1.29 is 32.8 Å². The monoisotopic (exact) mass is 806 g/mol. The van der Waals surface area contributed by atoms with Gasteiger partial charge in [0.15, 0.2) is 0 Å². The van der Waals surface area contributed by atoms with Crippen molar-refractivity contribution in [2.45, 2.75) is 187 Å². The Morgan fingerprint density at radius 2 is 1.00 bits per heavy atom. The maximum atomic E-state index is 12.6. The van der Waals surface area contributed by atoms with Crippen LogP contribution in [0.3, 0.4) is 0 Å². The van der Waals surface area contributed by atoms with Crippen molar-refractivity contribution in [1.29, 1.82) is 0 Å². The highest BCUT2D eigenvalue weighted by molar-refractivity contribution is 7.47. The molecule has 324 valence electrons. The van der Waals surface area contributed by atoms with Crippen molar-refractivity contribution in [3.8, 4) is 0 Å². The first-order valence-corrected chi connectivity index (χ1v) is 23.9. The van der Waals surface area contributed by atoms with E-state index in [9.17, 15) is 14.3 Å². The molecule has 0 fully saturated rings. The number of carbonyl (C=O) groups excluding carboxylic acids is 1. The average Bonchev–Trinajstić information content (AvgIpc) is 3.19. The number of phosphoric ester groups is 1. The van der Waals surface area contributed by atoms with Gasteiger partial charge in [-0.3, -0.25) is 13.8 Å². The van der Waals surface area contributed by atoms with Crippen LogP contribution in [0.1, 0.15) is 181 Å². The number of nitrogens with two attached hydrogens (primary N) is 1. The standard InChI is InChI=1S/C47H84NO7P/c1-3-5-7-9-11-13-15-17-19-21-22-23-25-27-29-31-33-35-37-39-42-52-44-46(45-54-56(50,51)53-43-41-48)55-47(49)40-38-36-34-32-30-28-26-24-20-18-16-14-12-10-8-6-4-2/h5,7,11-14,17-20,22-23,46H,3-4,6,8-10,15-16,21,24-45,48H2,1-2H3,(H,50,51)/b7-5-,13-11-,14-12-,19-17-,20-18-,23-22-. The van der Waals surface area contributed by atoms with E-state index in [2.05, 4.69) is 86.8 Å². The minimum absolute atomic E-state index is 0.0934. The van der Waals surface area contributed by atoms with Gasteiger partial charge in [0.05, 0.1) is 19.8 Å². The van der Waals surface area contributed by atoms with Crippen molar-refractivity contribution >= 4 is 13.8 Å². The van der Waals surface area contributed by atoms with E-state index in [0.717, 1.165) is 83.5 Å². The first-order valence-electron chi connectivity index (χ1n) is 22.4. The first-order chi connectivity index (χ1) is 27.4. The molecule has 8 nitrogen and oxygen atoms in total. The molecule has 0 spiro atoms. The number of esters is 1.